The zero-order chi connectivity index (χ0) is 14.3. The van der Waals surface area contributed by atoms with Crippen molar-refractivity contribution in [2.45, 2.75) is 39.2 Å². The molecular weight excluding hydrogens is 260 g/mol. The number of nitrogens with one attached hydrogen (secondary N) is 1. The topological polar surface area (TPSA) is 25.2 Å². The van der Waals surface area contributed by atoms with Gasteiger partial charge in [-0.1, -0.05) is 13.8 Å². The number of rotatable bonds is 5. The van der Waals surface area contributed by atoms with E-state index in [1.165, 1.54) is 6.07 Å². The number of benzene rings is 1. The lowest BCUT2D eigenvalue weighted by Gasteiger charge is -2.07. The molecule has 1 aromatic heterocycles. The van der Waals surface area contributed by atoms with Crippen LogP contribution in [0, 0.1) is 17.6 Å². The molecule has 0 bridgehead atoms. The smallest absolute Gasteiger partial charge is 0.140 e. The van der Waals surface area contributed by atoms with Crippen LogP contribution in [0.2, 0.25) is 0 Å². The Labute approximate surface area is 117 Å². The zero-order valence-electron chi connectivity index (χ0n) is 11.8. The molecule has 0 amide bonds. The summed E-state index contributed by atoms with van der Waals surface area (Å²) in [7, 11) is 0. The lowest BCUT2D eigenvalue weighted by Crippen LogP contribution is -2.19. The van der Waals surface area contributed by atoms with Gasteiger partial charge in [0.1, 0.15) is 23.0 Å². The molecule has 3 rings (SSSR count). The van der Waals surface area contributed by atoms with Crippen molar-refractivity contribution in [3.05, 3.63) is 35.1 Å². The quantitative estimate of drug-likeness (QED) is 0.881. The lowest BCUT2D eigenvalue weighted by molar-refractivity contribution is 0.479. The van der Waals surface area contributed by atoms with Crippen LogP contribution in [0.5, 0.6) is 0 Å². The van der Waals surface area contributed by atoms with Gasteiger partial charge in [0.15, 0.2) is 0 Å². The number of fused-ring (bicyclic) bond motifs is 1. The Morgan fingerprint density at radius 1 is 1.30 bits per heavy atom. The molecule has 1 fully saturated rings. The Morgan fingerprint density at radius 2 is 2.05 bits per heavy atom. The summed E-state index contributed by atoms with van der Waals surface area (Å²) < 4.78 is 33.0. The second-order valence-electron chi connectivity index (χ2n) is 6.00. The molecule has 2 nitrogen and oxygen atoms in total. The third-order valence-electron chi connectivity index (χ3n) is 3.65. The summed E-state index contributed by atoms with van der Waals surface area (Å²) in [6.45, 7) is 5.70. The first-order chi connectivity index (χ1) is 9.56. The van der Waals surface area contributed by atoms with Gasteiger partial charge in [-0.15, -0.1) is 0 Å². The van der Waals surface area contributed by atoms with Crippen LogP contribution < -0.4 is 5.32 Å². The van der Waals surface area contributed by atoms with Crippen LogP contribution in [0.3, 0.4) is 0 Å². The predicted molar refractivity (Wildman–Crippen MR) is 74.6 cm³/mol. The summed E-state index contributed by atoms with van der Waals surface area (Å²) in [5, 5.41) is 3.78. The van der Waals surface area contributed by atoms with Gasteiger partial charge in [0, 0.05) is 17.7 Å². The van der Waals surface area contributed by atoms with E-state index in [2.05, 4.69) is 19.2 Å². The van der Waals surface area contributed by atoms with Crippen LogP contribution in [0.1, 0.15) is 43.9 Å². The molecule has 108 valence electrons. The summed E-state index contributed by atoms with van der Waals surface area (Å²) in [5.74, 6) is 0.561. The summed E-state index contributed by atoms with van der Waals surface area (Å²) in [6.07, 6.45) is 2.12. The molecule has 1 saturated carbocycles. The molecule has 0 atom stereocenters. The van der Waals surface area contributed by atoms with Gasteiger partial charge in [0.25, 0.3) is 0 Å². The minimum absolute atomic E-state index is 0.325. The first-order valence-electron chi connectivity index (χ1n) is 7.17. The average molecular weight is 279 g/mol. The van der Waals surface area contributed by atoms with Crippen molar-refractivity contribution in [3.8, 4) is 0 Å². The Hall–Kier alpha value is -1.42. The zero-order valence-corrected chi connectivity index (χ0v) is 11.8. The van der Waals surface area contributed by atoms with E-state index < -0.39 is 11.6 Å². The highest BCUT2D eigenvalue weighted by molar-refractivity contribution is 5.84. The first kappa shape index (κ1) is 13.6. The standard InChI is InChI=1S/C16H19F2NO/c1-9(2)7-19-8-14-15(10-3-4-10)16-12(18)5-11(17)6-13(16)20-14/h5-6,9-10,19H,3-4,7-8H2,1-2H3. The fourth-order valence-corrected chi connectivity index (χ4v) is 2.63. The molecule has 0 radical (unpaired) electrons. The van der Waals surface area contributed by atoms with Gasteiger partial charge in [-0.3, -0.25) is 0 Å². The van der Waals surface area contributed by atoms with E-state index in [0.29, 0.717) is 29.3 Å². The molecule has 4 heteroatoms. The van der Waals surface area contributed by atoms with Crippen molar-refractivity contribution in [1.82, 2.24) is 5.32 Å². The molecule has 1 aromatic carbocycles. The number of halogens is 2. The van der Waals surface area contributed by atoms with Gasteiger partial charge in [0.2, 0.25) is 0 Å². The fourth-order valence-electron chi connectivity index (χ4n) is 2.63. The third-order valence-corrected chi connectivity index (χ3v) is 3.65. The predicted octanol–water partition coefficient (Wildman–Crippen LogP) is 4.33. The molecule has 20 heavy (non-hydrogen) atoms. The van der Waals surface area contributed by atoms with Crippen molar-refractivity contribution in [1.29, 1.82) is 0 Å². The van der Waals surface area contributed by atoms with Crippen LogP contribution in [0.15, 0.2) is 16.5 Å². The SMILES string of the molecule is CC(C)CNCc1oc2cc(F)cc(F)c2c1C1CC1. The molecule has 0 aliphatic heterocycles. The molecule has 1 N–H and O–H groups in total. The molecule has 0 saturated heterocycles. The van der Waals surface area contributed by atoms with Crippen molar-refractivity contribution in [2.75, 3.05) is 6.54 Å². The van der Waals surface area contributed by atoms with Crippen LogP contribution in [0.4, 0.5) is 8.78 Å². The van der Waals surface area contributed by atoms with Gasteiger partial charge in [0.05, 0.1) is 11.9 Å². The lowest BCUT2D eigenvalue weighted by atomic mass is 10.1. The van der Waals surface area contributed by atoms with E-state index in [1.807, 2.05) is 0 Å². The number of furan rings is 1. The molecule has 0 unspecified atom stereocenters. The fraction of sp³-hybridized carbons (Fsp3) is 0.500. The Morgan fingerprint density at radius 3 is 2.70 bits per heavy atom. The average Bonchev–Trinajstić information content (AvgIpc) is 3.11. The van der Waals surface area contributed by atoms with Gasteiger partial charge >= 0.3 is 0 Å². The van der Waals surface area contributed by atoms with Gasteiger partial charge in [-0.2, -0.15) is 0 Å². The van der Waals surface area contributed by atoms with E-state index >= 15 is 0 Å². The number of hydrogen-bond acceptors (Lipinski definition) is 2. The second-order valence-corrected chi connectivity index (χ2v) is 6.00. The maximum atomic E-state index is 14.0. The molecule has 1 aliphatic carbocycles. The maximum Gasteiger partial charge on any atom is 0.140 e. The summed E-state index contributed by atoms with van der Waals surface area (Å²) in [6, 6.07) is 2.21. The third kappa shape index (κ3) is 2.57. The van der Waals surface area contributed by atoms with E-state index in [0.717, 1.165) is 36.8 Å². The minimum Gasteiger partial charge on any atom is -0.459 e. The molecule has 1 heterocycles. The largest absolute Gasteiger partial charge is 0.459 e. The van der Waals surface area contributed by atoms with Gasteiger partial charge < -0.3 is 9.73 Å². The monoisotopic (exact) mass is 279 g/mol. The molecular formula is C16H19F2NO. The molecule has 2 aromatic rings. The van der Waals surface area contributed by atoms with Crippen LogP contribution >= 0.6 is 0 Å². The van der Waals surface area contributed by atoms with Gasteiger partial charge in [-0.25, -0.2) is 8.78 Å². The van der Waals surface area contributed by atoms with E-state index in [4.69, 9.17) is 4.42 Å². The van der Waals surface area contributed by atoms with E-state index in [9.17, 15) is 8.78 Å². The van der Waals surface area contributed by atoms with Crippen molar-refractivity contribution in [2.24, 2.45) is 5.92 Å². The maximum absolute atomic E-state index is 14.0. The highest BCUT2D eigenvalue weighted by Gasteiger charge is 2.32. The highest BCUT2D eigenvalue weighted by atomic mass is 19.1. The summed E-state index contributed by atoms with van der Waals surface area (Å²) >= 11 is 0. The molecule has 0 spiro atoms. The normalized spacial score (nSPS) is 15.4. The van der Waals surface area contributed by atoms with E-state index in [1.54, 1.807) is 0 Å². The Bertz CT molecular complexity index is 629. The Balaban J connectivity index is 1.98. The van der Waals surface area contributed by atoms with Crippen molar-refractivity contribution < 1.29 is 13.2 Å². The van der Waals surface area contributed by atoms with Crippen molar-refractivity contribution >= 4 is 11.0 Å². The van der Waals surface area contributed by atoms with Crippen LogP contribution in [0.25, 0.3) is 11.0 Å². The first-order valence-corrected chi connectivity index (χ1v) is 7.17. The van der Waals surface area contributed by atoms with Crippen molar-refractivity contribution in [3.63, 3.8) is 0 Å². The second kappa shape index (κ2) is 5.17. The Kier molecular flexibility index (Phi) is 3.50. The number of hydrogen-bond donors (Lipinski definition) is 1. The van der Waals surface area contributed by atoms with Gasteiger partial charge in [-0.05, 0) is 31.2 Å². The minimum atomic E-state index is -0.590. The summed E-state index contributed by atoms with van der Waals surface area (Å²) in [5.41, 5.74) is 1.26. The van der Waals surface area contributed by atoms with E-state index in [-0.39, 0.29) is 0 Å². The highest BCUT2D eigenvalue weighted by Crippen LogP contribution is 2.46. The van der Waals surface area contributed by atoms with Crippen LogP contribution in [-0.4, -0.2) is 6.54 Å². The molecule has 1 aliphatic rings. The summed E-state index contributed by atoms with van der Waals surface area (Å²) in [4.78, 5) is 0. The van der Waals surface area contributed by atoms with Crippen LogP contribution in [-0.2, 0) is 6.54 Å².